The molecule has 0 saturated heterocycles. The van der Waals surface area contributed by atoms with Gasteiger partial charge >= 0.3 is 0 Å². The Bertz CT molecular complexity index is 569. The number of benzene rings is 2. The van der Waals surface area contributed by atoms with Gasteiger partial charge in [0.05, 0.1) is 0 Å². The van der Waals surface area contributed by atoms with Gasteiger partial charge < -0.3 is 0 Å². The van der Waals surface area contributed by atoms with Crippen molar-refractivity contribution in [2.24, 2.45) is 5.92 Å². The number of carbonyl (C=O) groups is 1. The largest absolute Gasteiger partial charge is 0.294 e. The highest BCUT2D eigenvalue weighted by Crippen LogP contribution is 2.31. The van der Waals surface area contributed by atoms with Crippen molar-refractivity contribution < 1.29 is 4.79 Å². The van der Waals surface area contributed by atoms with Gasteiger partial charge in [-0.2, -0.15) is 0 Å². The first-order valence-corrected chi connectivity index (χ1v) is 5.82. The van der Waals surface area contributed by atoms with Crippen LogP contribution in [0.4, 0.5) is 0 Å². The molecule has 2 aromatic carbocycles. The molecule has 0 radical (unpaired) electrons. The third-order valence-electron chi connectivity index (χ3n) is 3.58. The Labute approximate surface area is 95.1 Å². The third kappa shape index (κ3) is 1.28. The first kappa shape index (κ1) is 9.59. The molecule has 2 aromatic rings. The fourth-order valence-corrected chi connectivity index (χ4v) is 2.59. The number of carbonyl (C=O) groups excluding carboxylic acids is 1. The van der Waals surface area contributed by atoms with E-state index in [1.54, 1.807) is 0 Å². The number of hydrogen-bond donors (Lipinski definition) is 0. The molecule has 0 spiro atoms. The zero-order chi connectivity index (χ0) is 11.1. The van der Waals surface area contributed by atoms with Gasteiger partial charge in [-0.15, -0.1) is 0 Å². The second kappa shape index (κ2) is 3.44. The van der Waals surface area contributed by atoms with Gasteiger partial charge in [-0.05, 0) is 29.2 Å². The number of rotatable bonds is 0. The van der Waals surface area contributed by atoms with Crippen LogP contribution in [-0.2, 0) is 6.42 Å². The van der Waals surface area contributed by atoms with E-state index in [0.29, 0.717) is 5.78 Å². The van der Waals surface area contributed by atoms with Gasteiger partial charge in [0.25, 0.3) is 0 Å². The van der Waals surface area contributed by atoms with Crippen LogP contribution >= 0.6 is 0 Å². The van der Waals surface area contributed by atoms with Crippen molar-refractivity contribution in [1.82, 2.24) is 0 Å². The average Bonchev–Trinajstić information content (AvgIpc) is 2.33. The highest BCUT2D eigenvalue weighted by atomic mass is 16.1. The van der Waals surface area contributed by atoms with Crippen LogP contribution in [0.1, 0.15) is 29.3 Å². The summed E-state index contributed by atoms with van der Waals surface area (Å²) in [6.45, 7) is 2.03. The van der Waals surface area contributed by atoms with Crippen LogP contribution in [0, 0.1) is 5.92 Å². The summed E-state index contributed by atoms with van der Waals surface area (Å²) in [6, 6.07) is 12.4. The molecule has 0 N–H and O–H groups in total. The van der Waals surface area contributed by atoms with E-state index in [9.17, 15) is 4.79 Å². The van der Waals surface area contributed by atoms with E-state index in [4.69, 9.17) is 0 Å². The Kier molecular flexibility index (Phi) is 2.06. The number of hydrogen-bond acceptors (Lipinski definition) is 1. The van der Waals surface area contributed by atoms with Crippen LogP contribution in [-0.4, -0.2) is 5.78 Å². The zero-order valence-electron chi connectivity index (χ0n) is 9.36. The maximum Gasteiger partial charge on any atom is 0.165 e. The topological polar surface area (TPSA) is 17.1 Å². The van der Waals surface area contributed by atoms with Crippen LogP contribution < -0.4 is 0 Å². The van der Waals surface area contributed by atoms with Crippen LogP contribution in [0.2, 0.25) is 0 Å². The molecule has 80 valence electrons. The Morgan fingerprint density at radius 1 is 1.12 bits per heavy atom. The molecule has 0 amide bonds. The second-order valence-electron chi connectivity index (χ2n) is 4.62. The molecule has 3 rings (SSSR count). The minimum atomic E-state index is 0.189. The number of fused-ring (bicyclic) bond motifs is 3. The summed E-state index contributed by atoms with van der Waals surface area (Å²) in [5.74, 6) is 0.501. The number of Topliss-reactive ketones (excluding diaryl/α,β-unsaturated/α-hetero) is 1. The molecule has 0 saturated carbocycles. The van der Waals surface area contributed by atoms with Crippen LogP contribution in [0.3, 0.4) is 0 Å². The molecular weight excluding hydrogens is 196 g/mol. The van der Waals surface area contributed by atoms with Gasteiger partial charge in [-0.25, -0.2) is 0 Å². The van der Waals surface area contributed by atoms with Gasteiger partial charge in [0.15, 0.2) is 5.78 Å². The lowest BCUT2D eigenvalue weighted by molar-refractivity contribution is 0.0914. The quantitative estimate of drug-likeness (QED) is 0.649. The number of aryl methyl sites for hydroxylation is 1. The third-order valence-corrected chi connectivity index (χ3v) is 3.58. The highest BCUT2D eigenvalue weighted by molar-refractivity contribution is 6.04. The fourth-order valence-electron chi connectivity index (χ4n) is 2.59. The van der Waals surface area contributed by atoms with Crippen LogP contribution in [0.5, 0.6) is 0 Å². The summed E-state index contributed by atoms with van der Waals surface area (Å²) in [4.78, 5) is 12.1. The lowest BCUT2D eigenvalue weighted by Crippen LogP contribution is -2.20. The van der Waals surface area contributed by atoms with Gasteiger partial charge in [0.2, 0.25) is 0 Å². The Morgan fingerprint density at radius 3 is 2.81 bits per heavy atom. The van der Waals surface area contributed by atoms with Crippen molar-refractivity contribution in [1.29, 1.82) is 0 Å². The molecule has 1 aliphatic carbocycles. The molecule has 0 aliphatic heterocycles. The molecular formula is C15H14O. The van der Waals surface area contributed by atoms with E-state index in [1.165, 1.54) is 16.3 Å². The molecule has 1 atom stereocenters. The Hall–Kier alpha value is -1.63. The highest BCUT2D eigenvalue weighted by Gasteiger charge is 2.24. The lowest BCUT2D eigenvalue weighted by Gasteiger charge is -2.21. The van der Waals surface area contributed by atoms with E-state index >= 15 is 0 Å². The first-order chi connectivity index (χ1) is 7.77. The average molecular weight is 210 g/mol. The summed E-state index contributed by atoms with van der Waals surface area (Å²) in [5, 5.41) is 2.49. The van der Waals surface area contributed by atoms with E-state index in [0.717, 1.165) is 18.4 Å². The van der Waals surface area contributed by atoms with Gasteiger partial charge in [-0.1, -0.05) is 43.3 Å². The van der Waals surface area contributed by atoms with Gasteiger partial charge in [0, 0.05) is 11.5 Å². The Morgan fingerprint density at radius 2 is 1.94 bits per heavy atom. The molecule has 0 bridgehead atoms. The van der Waals surface area contributed by atoms with E-state index in [1.807, 2.05) is 25.1 Å². The normalized spacial score (nSPS) is 19.8. The molecule has 0 heterocycles. The lowest BCUT2D eigenvalue weighted by atomic mass is 9.81. The Balaban J connectivity index is 2.32. The molecule has 16 heavy (non-hydrogen) atoms. The predicted molar refractivity (Wildman–Crippen MR) is 65.8 cm³/mol. The molecule has 1 heteroatoms. The minimum absolute atomic E-state index is 0.189. The second-order valence-corrected chi connectivity index (χ2v) is 4.62. The van der Waals surface area contributed by atoms with Crippen molar-refractivity contribution in [2.45, 2.75) is 19.8 Å². The fraction of sp³-hybridized carbons (Fsp3) is 0.267. The van der Waals surface area contributed by atoms with E-state index in [-0.39, 0.29) is 5.92 Å². The molecule has 1 aliphatic rings. The van der Waals surface area contributed by atoms with E-state index in [2.05, 4.69) is 18.2 Å². The summed E-state index contributed by atoms with van der Waals surface area (Å²) < 4.78 is 0. The van der Waals surface area contributed by atoms with Crippen molar-refractivity contribution in [3.05, 3.63) is 47.5 Å². The zero-order valence-corrected chi connectivity index (χ0v) is 9.36. The van der Waals surface area contributed by atoms with Crippen molar-refractivity contribution >= 4 is 16.6 Å². The van der Waals surface area contributed by atoms with Crippen molar-refractivity contribution in [3.8, 4) is 0 Å². The van der Waals surface area contributed by atoms with Gasteiger partial charge in [0.1, 0.15) is 0 Å². The molecule has 0 aromatic heterocycles. The summed E-state index contributed by atoms with van der Waals surface area (Å²) in [5.41, 5.74) is 2.19. The van der Waals surface area contributed by atoms with Crippen LogP contribution in [0.25, 0.3) is 10.8 Å². The summed E-state index contributed by atoms with van der Waals surface area (Å²) >= 11 is 0. The SMILES string of the molecule is C[C@H]1CCc2c(ccc3ccccc23)C1=O. The summed E-state index contributed by atoms with van der Waals surface area (Å²) in [7, 11) is 0. The van der Waals surface area contributed by atoms with Crippen molar-refractivity contribution in [3.63, 3.8) is 0 Å². The van der Waals surface area contributed by atoms with Gasteiger partial charge in [-0.3, -0.25) is 4.79 Å². The monoisotopic (exact) mass is 210 g/mol. The van der Waals surface area contributed by atoms with Crippen molar-refractivity contribution in [2.75, 3.05) is 0 Å². The molecule has 0 fully saturated rings. The van der Waals surface area contributed by atoms with Crippen LogP contribution in [0.15, 0.2) is 36.4 Å². The summed E-state index contributed by atoms with van der Waals surface area (Å²) in [6.07, 6.45) is 2.02. The maximum absolute atomic E-state index is 12.1. The number of ketones is 1. The first-order valence-electron chi connectivity index (χ1n) is 5.82. The van der Waals surface area contributed by atoms with E-state index < -0.39 is 0 Å². The molecule has 0 unspecified atom stereocenters. The maximum atomic E-state index is 12.1. The smallest absolute Gasteiger partial charge is 0.165 e. The predicted octanol–water partition coefficient (Wildman–Crippen LogP) is 3.60. The molecule has 1 nitrogen and oxygen atoms in total. The minimum Gasteiger partial charge on any atom is -0.294 e. The standard InChI is InChI=1S/C15H14O/c1-10-6-8-13-12-5-3-2-4-11(12)7-9-14(13)15(10)16/h2-5,7,9-10H,6,8H2,1H3/t10-/m0/s1.